The summed E-state index contributed by atoms with van der Waals surface area (Å²) in [5, 5.41) is 11.5. The summed E-state index contributed by atoms with van der Waals surface area (Å²) in [7, 11) is 1.78. The van der Waals surface area contributed by atoms with Crippen LogP contribution in [-0.4, -0.2) is 35.2 Å². The Hall–Kier alpha value is -1.91. The highest BCUT2D eigenvalue weighted by Crippen LogP contribution is 2.50. The maximum Gasteiger partial charge on any atom is 0.123 e. The number of benzene rings is 1. The lowest BCUT2D eigenvalue weighted by Crippen LogP contribution is -2.35. The number of nitrogens with zero attached hydrogens (tertiary/aromatic N) is 2. The van der Waals surface area contributed by atoms with E-state index in [1.54, 1.807) is 13.3 Å². The Balaban J connectivity index is 1.36. The van der Waals surface area contributed by atoms with Crippen LogP contribution < -0.4 is 4.74 Å². The number of pyridine rings is 1. The Morgan fingerprint density at radius 2 is 2.00 bits per heavy atom. The number of aryl methyl sites for hydroxylation is 2. The molecule has 1 saturated heterocycles. The van der Waals surface area contributed by atoms with Gasteiger partial charge in [0.1, 0.15) is 11.4 Å². The van der Waals surface area contributed by atoms with Crippen LogP contribution in [0.4, 0.5) is 0 Å². The quantitative estimate of drug-likeness (QED) is 0.881. The highest BCUT2D eigenvalue weighted by atomic mass is 16.5. The van der Waals surface area contributed by atoms with E-state index in [4.69, 9.17) is 4.74 Å². The Morgan fingerprint density at radius 1 is 1.18 bits per heavy atom. The molecule has 2 fully saturated rings. The first kappa shape index (κ1) is 18.1. The predicted molar refractivity (Wildman–Crippen MR) is 109 cm³/mol. The molecule has 5 rings (SSSR count). The Kier molecular flexibility index (Phi) is 4.64. The van der Waals surface area contributed by atoms with E-state index in [0.717, 1.165) is 43.9 Å². The largest absolute Gasteiger partial charge is 0.496 e. The first-order chi connectivity index (χ1) is 13.7. The highest BCUT2D eigenvalue weighted by Gasteiger charge is 2.53. The Morgan fingerprint density at radius 3 is 2.75 bits per heavy atom. The molecule has 28 heavy (non-hydrogen) atoms. The third kappa shape index (κ3) is 3.03. The normalized spacial score (nSPS) is 29.5. The molecule has 2 heterocycles. The highest BCUT2D eigenvalue weighted by molar-refractivity contribution is 5.44. The lowest BCUT2D eigenvalue weighted by atomic mass is 9.85. The Bertz CT molecular complexity index is 853. The maximum absolute atomic E-state index is 11.5. The first-order valence-electron chi connectivity index (χ1n) is 10.7. The molecule has 2 aromatic rings. The number of aliphatic hydroxyl groups is 1. The summed E-state index contributed by atoms with van der Waals surface area (Å²) in [5.41, 5.74) is 4.34. The number of hydrogen-bond acceptors (Lipinski definition) is 4. The van der Waals surface area contributed by atoms with Crippen molar-refractivity contribution in [3.8, 4) is 5.75 Å². The lowest BCUT2D eigenvalue weighted by molar-refractivity contribution is -0.0108. The van der Waals surface area contributed by atoms with Gasteiger partial charge in [-0.25, -0.2) is 0 Å². The van der Waals surface area contributed by atoms with Crippen molar-refractivity contribution in [2.45, 2.75) is 50.7 Å². The van der Waals surface area contributed by atoms with Crippen LogP contribution >= 0.6 is 0 Å². The van der Waals surface area contributed by atoms with E-state index in [0.29, 0.717) is 5.92 Å². The van der Waals surface area contributed by atoms with Gasteiger partial charge in [-0.3, -0.25) is 9.88 Å². The van der Waals surface area contributed by atoms with E-state index in [-0.39, 0.29) is 5.92 Å². The topological polar surface area (TPSA) is 45.6 Å². The zero-order chi connectivity index (χ0) is 19.1. The van der Waals surface area contributed by atoms with Crippen molar-refractivity contribution >= 4 is 0 Å². The minimum Gasteiger partial charge on any atom is -0.496 e. The molecule has 1 aliphatic heterocycles. The predicted octanol–water partition coefficient (Wildman–Crippen LogP) is 3.70. The van der Waals surface area contributed by atoms with Crippen molar-refractivity contribution in [3.63, 3.8) is 0 Å². The van der Waals surface area contributed by atoms with Gasteiger partial charge in [-0.2, -0.15) is 0 Å². The van der Waals surface area contributed by atoms with Crippen molar-refractivity contribution in [3.05, 3.63) is 58.9 Å². The number of aromatic nitrogens is 1. The molecule has 0 bridgehead atoms. The number of ether oxygens (including phenoxy) is 1. The molecule has 2 aliphatic carbocycles. The monoisotopic (exact) mass is 378 g/mol. The average Bonchev–Trinajstić information content (AvgIpc) is 3.28. The van der Waals surface area contributed by atoms with Gasteiger partial charge in [-0.05, 0) is 73.8 Å². The van der Waals surface area contributed by atoms with E-state index < -0.39 is 5.60 Å². The van der Waals surface area contributed by atoms with E-state index in [2.05, 4.69) is 22.0 Å². The fraction of sp³-hybridized carbons (Fsp3) is 0.542. The standard InChI is InChI=1S/C24H30N2O2/c1-28-22-13-18-7-3-2-6-17(18)12-20(22)15-26-14-19-9-10-24(27,21(19)16-26)23-8-4-5-11-25-23/h4-5,8,11-13,19,21,27H,2-3,6-7,9-10,14-16H2,1H3/t19-,21+,24-/m0/s1. The minimum atomic E-state index is -0.777. The second-order valence-corrected chi connectivity index (χ2v) is 8.88. The third-order valence-corrected chi connectivity index (χ3v) is 7.27. The van der Waals surface area contributed by atoms with Crippen LogP contribution in [-0.2, 0) is 25.0 Å². The summed E-state index contributed by atoms with van der Waals surface area (Å²) in [5.74, 6) is 1.85. The van der Waals surface area contributed by atoms with Crippen LogP contribution in [0.15, 0.2) is 36.5 Å². The molecule has 1 aromatic heterocycles. The van der Waals surface area contributed by atoms with Gasteiger partial charge >= 0.3 is 0 Å². The van der Waals surface area contributed by atoms with E-state index in [1.165, 1.54) is 42.4 Å². The summed E-state index contributed by atoms with van der Waals surface area (Å²) < 4.78 is 5.74. The summed E-state index contributed by atoms with van der Waals surface area (Å²) in [6, 6.07) is 10.5. The zero-order valence-electron chi connectivity index (χ0n) is 16.7. The molecule has 148 valence electrons. The van der Waals surface area contributed by atoms with E-state index in [9.17, 15) is 5.11 Å². The lowest BCUT2D eigenvalue weighted by Gasteiger charge is -2.30. The fourth-order valence-electron chi connectivity index (χ4n) is 5.82. The van der Waals surface area contributed by atoms with E-state index >= 15 is 0 Å². The van der Waals surface area contributed by atoms with Gasteiger partial charge in [-0.1, -0.05) is 12.1 Å². The number of rotatable bonds is 4. The molecular formula is C24H30N2O2. The SMILES string of the molecule is COc1cc2c(cc1CN1C[C@@H]3CC[C@@](O)(c4ccccn4)[C@@H]3C1)CCCC2. The van der Waals surface area contributed by atoms with Crippen molar-refractivity contribution in [2.75, 3.05) is 20.2 Å². The number of hydrogen-bond donors (Lipinski definition) is 1. The third-order valence-electron chi connectivity index (χ3n) is 7.27. The van der Waals surface area contributed by atoms with Gasteiger partial charge in [0.15, 0.2) is 0 Å². The number of fused-ring (bicyclic) bond motifs is 2. The average molecular weight is 379 g/mol. The Labute approximate surface area is 167 Å². The molecule has 0 unspecified atom stereocenters. The molecule has 3 aliphatic rings. The summed E-state index contributed by atoms with van der Waals surface area (Å²) in [6.45, 7) is 2.89. The van der Waals surface area contributed by atoms with Gasteiger partial charge in [0.05, 0.1) is 12.8 Å². The van der Waals surface area contributed by atoms with Crippen LogP contribution in [0.1, 0.15) is 48.1 Å². The van der Waals surface area contributed by atoms with Gasteiger partial charge in [0, 0.05) is 37.3 Å². The van der Waals surface area contributed by atoms with Crippen molar-refractivity contribution in [1.82, 2.24) is 9.88 Å². The van der Waals surface area contributed by atoms with Gasteiger partial charge < -0.3 is 9.84 Å². The molecule has 0 amide bonds. The first-order valence-corrected chi connectivity index (χ1v) is 10.7. The smallest absolute Gasteiger partial charge is 0.123 e. The van der Waals surface area contributed by atoms with Crippen LogP contribution in [0.2, 0.25) is 0 Å². The minimum absolute atomic E-state index is 0.269. The molecule has 0 spiro atoms. The molecule has 3 atom stereocenters. The fourth-order valence-corrected chi connectivity index (χ4v) is 5.82. The number of likely N-dealkylation sites (tertiary alicyclic amines) is 1. The summed E-state index contributed by atoms with van der Waals surface area (Å²) >= 11 is 0. The van der Waals surface area contributed by atoms with Crippen LogP contribution in [0.5, 0.6) is 5.75 Å². The summed E-state index contributed by atoms with van der Waals surface area (Å²) in [6.07, 6.45) is 8.66. The zero-order valence-corrected chi connectivity index (χ0v) is 16.7. The van der Waals surface area contributed by atoms with Crippen LogP contribution in [0.25, 0.3) is 0 Å². The van der Waals surface area contributed by atoms with Gasteiger partial charge in [-0.15, -0.1) is 0 Å². The van der Waals surface area contributed by atoms with Crippen molar-refractivity contribution in [1.29, 1.82) is 0 Å². The van der Waals surface area contributed by atoms with Crippen LogP contribution in [0, 0.1) is 11.8 Å². The van der Waals surface area contributed by atoms with Gasteiger partial charge in [0.2, 0.25) is 0 Å². The molecule has 4 nitrogen and oxygen atoms in total. The molecular weight excluding hydrogens is 348 g/mol. The summed E-state index contributed by atoms with van der Waals surface area (Å²) in [4.78, 5) is 7.00. The maximum atomic E-state index is 11.5. The number of methoxy groups -OCH3 is 1. The molecule has 1 N–H and O–H groups in total. The van der Waals surface area contributed by atoms with Crippen LogP contribution in [0.3, 0.4) is 0 Å². The van der Waals surface area contributed by atoms with Crippen molar-refractivity contribution < 1.29 is 9.84 Å². The van der Waals surface area contributed by atoms with Gasteiger partial charge in [0.25, 0.3) is 0 Å². The van der Waals surface area contributed by atoms with E-state index in [1.807, 2.05) is 18.2 Å². The molecule has 1 saturated carbocycles. The second-order valence-electron chi connectivity index (χ2n) is 8.88. The van der Waals surface area contributed by atoms with Crippen molar-refractivity contribution in [2.24, 2.45) is 11.8 Å². The molecule has 4 heteroatoms. The molecule has 0 radical (unpaired) electrons. The second kappa shape index (κ2) is 7.16. The molecule has 1 aromatic carbocycles.